The Bertz CT molecular complexity index is 558. The molecule has 0 aromatic carbocycles. The lowest BCUT2D eigenvalue weighted by Gasteiger charge is -2.21. The fourth-order valence-corrected chi connectivity index (χ4v) is 4.37. The smallest absolute Gasteiger partial charge is 0.243 e. The number of anilines is 1. The monoisotopic (exact) mass is 282 g/mol. The summed E-state index contributed by atoms with van der Waals surface area (Å²) in [7, 11) is -3.51. The minimum Gasteiger partial charge on any atom is -0.368 e. The van der Waals surface area contributed by atoms with Gasteiger partial charge in [0.1, 0.15) is 4.90 Å². The summed E-state index contributed by atoms with van der Waals surface area (Å²) in [6, 6.07) is 0. The summed E-state index contributed by atoms with van der Waals surface area (Å²) in [5, 5.41) is 0. The maximum absolute atomic E-state index is 12.1. The van der Waals surface area contributed by atoms with Gasteiger partial charge in [0.05, 0.1) is 12.4 Å². The van der Waals surface area contributed by atoms with Crippen LogP contribution in [-0.4, -0.2) is 24.9 Å². The maximum atomic E-state index is 12.1. The van der Waals surface area contributed by atoms with E-state index in [4.69, 9.17) is 5.73 Å². The number of rotatable bonds is 4. The molecular formula is C12H18N4O2S. The second kappa shape index (κ2) is 4.72. The van der Waals surface area contributed by atoms with Crippen molar-refractivity contribution in [2.45, 2.75) is 30.6 Å². The van der Waals surface area contributed by atoms with Gasteiger partial charge in [-0.25, -0.2) is 23.1 Å². The van der Waals surface area contributed by atoms with E-state index in [-0.39, 0.29) is 10.8 Å². The largest absolute Gasteiger partial charge is 0.368 e. The highest BCUT2D eigenvalue weighted by Gasteiger charge is 2.39. The Balaban J connectivity index is 1.64. The molecule has 2 saturated carbocycles. The molecule has 2 fully saturated rings. The summed E-state index contributed by atoms with van der Waals surface area (Å²) in [5.41, 5.74) is 5.35. The van der Waals surface area contributed by atoms with Crippen LogP contribution in [0.3, 0.4) is 0 Å². The van der Waals surface area contributed by atoms with Crippen LogP contribution in [0, 0.1) is 17.8 Å². The third-order valence-corrected chi connectivity index (χ3v) is 5.76. The van der Waals surface area contributed by atoms with Crippen molar-refractivity contribution >= 4 is 16.0 Å². The normalized spacial score (nSPS) is 29.8. The van der Waals surface area contributed by atoms with Crippen LogP contribution in [0.1, 0.15) is 25.7 Å². The average Bonchev–Trinajstić information content (AvgIpc) is 2.99. The summed E-state index contributed by atoms with van der Waals surface area (Å²) in [5.74, 6) is 2.09. The number of nitrogen functional groups attached to an aromatic ring is 1. The van der Waals surface area contributed by atoms with E-state index in [0.29, 0.717) is 18.4 Å². The molecule has 1 heterocycles. The Morgan fingerprint density at radius 3 is 2.58 bits per heavy atom. The van der Waals surface area contributed by atoms with Crippen molar-refractivity contribution < 1.29 is 8.42 Å². The Hall–Kier alpha value is -1.21. The van der Waals surface area contributed by atoms with Gasteiger partial charge >= 0.3 is 0 Å². The Kier molecular flexibility index (Phi) is 3.18. The van der Waals surface area contributed by atoms with Crippen LogP contribution in [0.15, 0.2) is 17.3 Å². The minimum atomic E-state index is -3.51. The van der Waals surface area contributed by atoms with Crippen molar-refractivity contribution in [1.82, 2.24) is 14.7 Å². The molecule has 1 aromatic rings. The van der Waals surface area contributed by atoms with E-state index in [0.717, 1.165) is 12.3 Å². The van der Waals surface area contributed by atoms with Gasteiger partial charge in [0.2, 0.25) is 16.0 Å². The highest BCUT2D eigenvalue weighted by atomic mass is 32.2. The Morgan fingerprint density at radius 2 is 2.00 bits per heavy atom. The van der Waals surface area contributed by atoms with E-state index in [2.05, 4.69) is 14.7 Å². The quantitative estimate of drug-likeness (QED) is 0.850. The molecule has 0 saturated heterocycles. The van der Waals surface area contributed by atoms with Gasteiger partial charge in [0.15, 0.2) is 0 Å². The molecule has 104 valence electrons. The number of hydrogen-bond acceptors (Lipinski definition) is 5. The molecule has 1 aromatic heterocycles. The molecule has 7 heteroatoms. The number of nitrogens with zero attached hydrogens (tertiary/aromatic N) is 2. The van der Waals surface area contributed by atoms with Crippen LogP contribution in [-0.2, 0) is 10.0 Å². The molecule has 0 amide bonds. The van der Waals surface area contributed by atoms with Gasteiger partial charge < -0.3 is 5.73 Å². The molecule has 3 N–H and O–H groups in total. The van der Waals surface area contributed by atoms with Gasteiger partial charge in [0, 0.05) is 6.54 Å². The van der Waals surface area contributed by atoms with Gasteiger partial charge in [-0.3, -0.25) is 0 Å². The molecule has 2 aliphatic carbocycles. The number of fused-ring (bicyclic) bond motifs is 2. The van der Waals surface area contributed by atoms with Crippen molar-refractivity contribution in [3.05, 3.63) is 12.4 Å². The van der Waals surface area contributed by atoms with Crippen LogP contribution >= 0.6 is 0 Å². The molecule has 0 spiro atoms. The van der Waals surface area contributed by atoms with Gasteiger partial charge in [-0.05, 0) is 37.0 Å². The minimum absolute atomic E-state index is 0.0739. The molecule has 3 atom stereocenters. The first-order valence-corrected chi connectivity index (χ1v) is 8.10. The fraction of sp³-hybridized carbons (Fsp3) is 0.667. The van der Waals surface area contributed by atoms with Crippen molar-refractivity contribution in [3.63, 3.8) is 0 Å². The van der Waals surface area contributed by atoms with Crippen molar-refractivity contribution in [3.8, 4) is 0 Å². The van der Waals surface area contributed by atoms with Crippen molar-refractivity contribution in [1.29, 1.82) is 0 Å². The molecule has 0 radical (unpaired) electrons. The lowest BCUT2D eigenvalue weighted by molar-refractivity contribution is 0.333. The Morgan fingerprint density at radius 1 is 1.26 bits per heavy atom. The number of nitrogens with one attached hydrogen (secondary N) is 1. The first-order valence-electron chi connectivity index (χ1n) is 6.62. The molecule has 2 bridgehead atoms. The average molecular weight is 282 g/mol. The first kappa shape index (κ1) is 12.8. The molecule has 6 nitrogen and oxygen atoms in total. The standard InChI is InChI=1S/C12H18N4O2S/c13-12-14-6-11(7-15-12)19(17,18)16-5-10-4-8-1-2-9(10)3-8/h6-10,16H,1-5H2,(H2,13,14,15). The summed E-state index contributed by atoms with van der Waals surface area (Å²) < 4.78 is 26.8. The first-order chi connectivity index (χ1) is 9.04. The number of sulfonamides is 1. The van der Waals surface area contributed by atoms with Crippen LogP contribution < -0.4 is 10.5 Å². The molecule has 0 aliphatic heterocycles. The molecular weight excluding hydrogens is 264 g/mol. The SMILES string of the molecule is Nc1ncc(S(=O)(=O)NCC2CC3CCC2C3)cn1. The summed E-state index contributed by atoms with van der Waals surface area (Å²) in [6.45, 7) is 0.522. The second-order valence-electron chi connectivity index (χ2n) is 5.56. The van der Waals surface area contributed by atoms with E-state index < -0.39 is 10.0 Å². The zero-order valence-corrected chi connectivity index (χ0v) is 11.4. The summed E-state index contributed by atoms with van der Waals surface area (Å²) >= 11 is 0. The van der Waals surface area contributed by atoms with E-state index in [1.165, 1.54) is 31.7 Å². The van der Waals surface area contributed by atoms with Crippen LogP contribution in [0.25, 0.3) is 0 Å². The number of aromatic nitrogens is 2. The Labute approximate surface area is 112 Å². The van der Waals surface area contributed by atoms with Gasteiger partial charge in [-0.2, -0.15) is 0 Å². The van der Waals surface area contributed by atoms with Crippen molar-refractivity contribution in [2.24, 2.45) is 17.8 Å². The van der Waals surface area contributed by atoms with Crippen LogP contribution in [0.4, 0.5) is 5.95 Å². The molecule has 19 heavy (non-hydrogen) atoms. The number of nitrogens with two attached hydrogens (primary N) is 1. The van der Waals surface area contributed by atoms with Gasteiger partial charge in [-0.1, -0.05) is 6.42 Å². The lowest BCUT2D eigenvalue weighted by Crippen LogP contribution is -2.31. The fourth-order valence-electron chi connectivity index (χ4n) is 3.39. The summed E-state index contributed by atoms with van der Waals surface area (Å²) in [6.07, 6.45) is 7.49. The van der Waals surface area contributed by atoms with Gasteiger partial charge in [-0.15, -0.1) is 0 Å². The molecule has 3 rings (SSSR count). The molecule has 2 aliphatic rings. The number of hydrogen-bond donors (Lipinski definition) is 2. The summed E-state index contributed by atoms with van der Waals surface area (Å²) in [4.78, 5) is 7.50. The lowest BCUT2D eigenvalue weighted by atomic mass is 9.89. The maximum Gasteiger partial charge on any atom is 0.243 e. The van der Waals surface area contributed by atoms with Crippen LogP contribution in [0.5, 0.6) is 0 Å². The van der Waals surface area contributed by atoms with E-state index in [1.54, 1.807) is 0 Å². The third kappa shape index (κ3) is 2.57. The predicted octanol–water partition coefficient (Wildman–Crippen LogP) is 0.773. The zero-order chi connectivity index (χ0) is 13.5. The highest BCUT2D eigenvalue weighted by Crippen LogP contribution is 2.47. The second-order valence-corrected chi connectivity index (χ2v) is 7.33. The zero-order valence-electron chi connectivity index (χ0n) is 10.6. The topological polar surface area (TPSA) is 98.0 Å². The van der Waals surface area contributed by atoms with E-state index in [1.807, 2.05) is 0 Å². The van der Waals surface area contributed by atoms with Crippen LogP contribution in [0.2, 0.25) is 0 Å². The molecule has 3 unspecified atom stereocenters. The van der Waals surface area contributed by atoms with E-state index >= 15 is 0 Å². The highest BCUT2D eigenvalue weighted by molar-refractivity contribution is 7.89. The van der Waals surface area contributed by atoms with E-state index in [9.17, 15) is 8.42 Å². The van der Waals surface area contributed by atoms with Crippen molar-refractivity contribution in [2.75, 3.05) is 12.3 Å². The van der Waals surface area contributed by atoms with Gasteiger partial charge in [0.25, 0.3) is 0 Å². The third-order valence-electron chi connectivity index (χ3n) is 4.38. The predicted molar refractivity (Wildman–Crippen MR) is 70.6 cm³/mol.